The van der Waals surface area contributed by atoms with Crippen molar-refractivity contribution in [3.63, 3.8) is 0 Å². The molecule has 0 bridgehead atoms. The number of rotatable bonds is 7. The first-order valence-electron chi connectivity index (χ1n) is 9.55. The van der Waals surface area contributed by atoms with Gasteiger partial charge in [-0.05, 0) is 12.1 Å². The predicted molar refractivity (Wildman–Crippen MR) is 105 cm³/mol. The molecule has 0 radical (unpaired) electrons. The molecule has 1 saturated heterocycles. The fourth-order valence-electron chi connectivity index (χ4n) is 3.02. The number of carbonyl (C=O) groups is 4. The normalized spacial score (nSPS) is 24.4. The molecule has 0 saturated carbocycles. The van der Waals surface area contributed by atoms with Crippen LogP contribution in [0.4, 0.5) is 5.69 Å². The van der Waals surface area contributed by atoms with E-state index < -0.39 is 54.6 Å². The second-order valence-corrected chi connectivity index (χ2v) is 6.79. The molecule has 11 heteroatoms. The average Bonchev–Trinajstić information content (AvgIpc) is 2.70. The first-order valence-corrected chi connectivity index (χ1v) is 9.55. The van der Waals surface area contributed by atoms with Crippen molar-refractivity contribution in [3.05, 3.63) is 35.7 Å². The Morgan fingerprint density at radius 3 is 1.88 bits per heavy atom. The van der Waals surface area contributed by atoms with Crippen LogP contribution in [0.15, 0.2) is 24.3 Å². The maximum Gasteiger partial charge on any atom is 0.303 e. The minimum Gasteiger partial charge on any atom is -0.463 e. The third-order valence-corrected chi connectivity index (χ3v) is 4.17. The molecule has 5 atom stereocenters. The lowest BCUT2D eigenvalue weighted by molar-refractivity contribution is -0.288. The highest BCUT2D eigenvalue weighted by Crippen LogP contribution is 2.31. The summed E-state index contributed by atoms with van der Waals surface area (Å²) in [5, 5.41) is 0. The molecule has 0 amide bonds. The predicted octanol–water partition coefficient (Wildman–Crippen LogP) is 1.70. The van der Waals surface area contributed by atoms with Gasteiger partial charge in [0, 0.05) is 27.7 Å². The lowest BCUT2D eigenvalue weighted by Gasteiger charge is -2.43. The molecule has 1 fully saturated rings. The van der Waals surface area contributed by atoms with Crippen molar-refractivity contribution in [3.8, 4) is 5.75 Å². The van der Waals surface area contributed by atoms with Crippen molar-refractivity contribution in [1.29, 1.82) is 0 Å². The van der Waals surface area contributed by atoms with Gasteiger partial charge in [-0.3, -0.25) is 19.2 Å². The Morgan fingerprint density at radius 1 is 0.844 bits per heavy atom. The van der Waals surface area contributed by atoms with E-state index in [4.69, 9.17) is 35.0 Å². The number of carbonyl (C=O) groups excluding carboxylic acids is 4. The molecular weight excluding hydrogens is 426 g/mol. The molecule has 1 heterocycles. The van der Waals surface area contributed by atoms with E-state index in [2.05, 4.69) is 4.85 Å². The summed E-state index contributed by atoms with van der Waals surface area (Å²) < 4.78 is 32.5. The smallest absolute Gasteiger partial charge is 0.303 e. The van der Waals surface area contributed by atoms with E-state index in [0.29, 0.717) is 5.69 Å². The van der Waals surface area contributed by atoms with Crippen molar-refractivity contribution in [2.45, 2.75) is 58.4 Å². The molecule has 1 aliphatic heterocycles. The van der Waals surface area contributed by atoms with Crippen LogP contribution in [0.1, 0.15) is 27.7 Å². The second-order valence-electron chi connectivity index (χ2n) is 6.79. The van der Waals surface area contributed by atoms with E-state index in [1.165, 1.54) is 31.2 Å². The van der Waals surface area contributed by atoms with Crippen LogP contribution in [0.2, 0.25) is 0 Å². The van der Waals surface area contributed by atoms with Gasteiger partial charge < -0.3 is 28.4 Å². The Kier molecular flexibility index (Phi) is 8.54. The van der Waals surface area contributed by atoms with Crippen LogP contribution in [-0.4, -0.2) is 61.2 Å². The van der Waals surface area contributed by atoms with Crippen LogP contribution in [0.25, 0.3) is 4.85 Å². The van der Waals surface area contributed by atoms with E-state index in [1.807, 2.05) is 0 Å². The summed E-state index contributed by atoms with van der Waals surface area (Å²) in [6.07, 6.45) is -6.33. The quantitative estimate of drug-likeness (QED) is 0.345. The molecule has 2 rings (SSSR count). The van der Waals surface area contributed by atoms with Gasteiger partial charge in [-0.15, -0.1) is 0 Å². The summed E-state index contributed by atoms with van der Waals surface area (Å²) in [6, 6.07) is 6.02. The number of hydrogen-bond donors (Lipinski definition) is 0. The number of esters is 4. The molecule has 1 aromatic rings. The molecule has 172 valence electrons. The average molecular weight is 449 g/mol. The van der Waals surface area contributed by atoms with Gasteiger partial charge >= 0.3 is 23.9 Å². The number of benzene rings is 1. The van der Waals surface area contributed by atoms with Crippen molar-refractivity contribution in [1.82, 2.24) is 0 Å². The Hall–Kier alpha value is -3.65. The molecule has 1 aliphatic rings. The number of ether oxygens (including phenoxy) is 6. The Labute approximate surface area is 184 Å². The third kappa shape index (κ3) is 6.95. The SMILES string of the molecule is [C-]#[N+]c1ccc(O[C@H]2O[C@H](COC(C)=O)[C@@H](OC(C)=O)[C@H](OC(C)=O)[C@H]2OC(C)=O)cc1. The van der Waals surface area contributed by atoms with Crippen molar-refractivity contribution >= 4 is 29.6 Å². The zero-order valence-corrected chi connectivity index (χ0v) is 17.9. The van der Waals surface area contributed by atoms with E-state index in [0.717, 1.165) is 20.8 Å². The van der Waals surface area contributed by atoms with Gasteiger partial charge in [0.2, 0.25) is 12.4 Å². The van der Waals surface area contributed by atoms with E-state index in [1.54, 1.807) is 0 Å². The van der Waals surface area contributed by atoms with Gasteiger partial charge in [0.1, 0.15) is 18.5 Å². The fraction of sp³-hybridized carbons (Fsp3) is 0.476. The van der Waals surface area contributed by atoms with Crippen LogP contribution in [-0.2, 0) is 42.9 Å². The lowest BCUT2D eigenvalue weighted by atomic mass is 9.98. The first-order chi connectivity index (χ1) is 15.1. The molecule has 0 aromatic heterocycles. The van der Waals surface area contributed by atoms with Gasteiger partial charge in [-0.2, -0.15) is 0 Å². The maximum absolute atomic E-state index is 11.8. The van der Waals surface area contributed by atoms with Crippen LogP contribution < -0.4 is 4.74 Å². The van der Waals surface area contributed by atoms with Crippen LogP contribution in [0, 0.1) is 6.57 Å². The van der Waals surface area contributed by atoms with Crippen LogP contribution >= 0.6 is 0 Å². The summed E-state index contributed by atoms with van der Waals surface area (Å²) in [4.78, 5) is 49.9. The molecule has 0 unspecified atom stereocenters. The summed E-state index contributed by atoms with van der Waals surface area (Å²) in [5.74, 6) is -2.55. The second kappa shape index (κ2) is 11.1. The van der Waals surface area contributed by atoms with E-state index >= 15 is 0 Å². The minimum atomic E-state index is -1.32. The minimum absolute atomic E-state index is 0.262. The number of hydrogen-bond acceptors (Lipinski definition) is 10. The standard InChI is InChI=1S/C21H23NO10/c1-11(23)27-10-17-18(28-12(2)24)19(29-13(3)25)20(30-14(4)26)21(32-17)31-16-8-6-15(22-5)7-9-16/h6-9,17-21H,10H2,1-4H3/t17-,18-,19+,20-,21+/m1/s1. The fourth-order valence-corrected chi connectivity index (χ4v) is 3.02. The molecular formula is C21H23NO10. The molecule has 0 aliphatic carbocycles. The first kappa shape index (κ1) is 24.6. The number of nitrogens with zero attached hydrogens (tertiary/aromatic N) is 1. The Morgan fingerprint density at radius 2 is 1.38 bits per heavy atom. The zero-order valence-electron chi connectivity index (χ0n) is 17.9. The van der Waals surface area contributed by atoms with Crippen molar-refractivity contribution in [2.75, 3.05) is 6.61 Å². The largest absolute Gasteiger partial charge is 0.463 e. The molecule has 1 aromatic carbocycles. The summed E-state index contributed by atoms with van der Waals surface area (Å²) in [7, 11) is 0. The monoisotopic (exact) mass is 449 g/mol. The van der Waals surface area contributed by atoms with Gasteiger partial charge in [-0.25, -0.2) is 4.85 Å². The van der Waals surface area contributed by atoms with E-state index in [-0.39, 0.29) is 12.4 Å². The maximum atomic E-state index is 11.8. The van der Waals surface area contributed by atoms with Gasteiger partial charge in [0.05, 0.1) is 6.57 Å². The van der Waals surface area contributed by atoms with E-state index in [9.17, 15) is 19.2 Å². The molecule has 0 spiro atoms. The lowest BCUT2D eigenvalue weighted by Crippen LogP contribution is -2.63. The summed E-state index contributed by atoms with van der Waals surface area (Å²) >= 11 is 0. The third-order valence-electron chi connectivity index (χ3n) is 4.17. The summed E-state index contributed by atoms with van der Waals surface area (Å²) in [5.41, 5.74) is 0.374. The zero-order chi connectivity index (χ0) is 23.8. The Balaban J connectivity index is 2.43. The summed E-state index contributed by atoms with van der Waals surface area (Å²) in [6.45, 7) is 11.3. The van der Waals surface area contributed by atoms with Crippen LogP contribution in [0.3, 0.4) is 0 Å². The highest BCUT2D eigenvalue weighted by Gasteiger charge is 2.53. The van der Waals surface area contributed by atoms with Gasteiger partial charge in [0.25, 0.3) is 0 Å². The topological polar surface area (TPSA) is 128 Å². The highest BCUT2D eigenvalue weighted by molar-refractivity contribution is 5.68. The van der Waals surface area contributed by atoms with Crippen LogP contribution in [0.5, 0.6) is 5.75 Å². The van der Waals surface area contributed by atoms with Gasteiger partial charge in [0.15, 0.2) is 17.9 Å². The van der Waals surface area contributed by atoms with Crippen molar-refractivity contribution < 1.29 is 47.6 Å². The molecule has 11 nitrogen and oxygen atoms in total. The van der Waals surface area contributed by atoms with Crippen molar-refractivity contribution in [2.24, 2.45) is 0 Å². The molecule has 32 heavy (non-hydrogen) atoms. The molecule has 0 N–H and O–H groups in total. The van der Waals surface area contributed by atoms with Gasteiger partial charge in [-0.1, -0.05) is 12.1 Å². The highest BCUT2D eigenvalue weighted by atomic mass is 16.7. The Bertz CT molecular complexity index is 891.